The van der Waals surface area contributed by atoms with E-state index in [2.05, 4.69) is 0 Å². The summed E-state index contributed by atoms with van der Waals surface area (Å²) in [5.41, 5.74) is 0.457. The van der Waals surface area contributed by atoms with Crippen LogP contribution in [0.2, 0.25) is 0 Å². The number of aromatic hydroxyl groups is 1. The van der Waals surface area contributed by atoms with Gasteiger partial charge in [-0.3, -0.25) is 0 Å². The van der Waals surface area contributed by atoms with Crippen LogP contribution < -0.4 is 4.74 Å². The molecule has 0 atom stereocenters. The lowest BCUT2D eigenvalue weighted by molar-refractivity contribution is -0.137. The minimum Gasteiger partial charge on any atom is -0.504 e. The Kier molecular flexibility index (Phi) is 4.76. The lowest BCUT2D eigenvalue weighted by atomic mass is 10.1. The molecule has 0 fully saturated rings. The maximum Gasteiger partial charge on any atom is 0.348 e. The van der Waals surface area contributed by atoms with Crippen molar-refractivity contribution in [3.63, 3.8) is 0 Å². The Morgan fingerprint density at radius 1 is 1.56 bits per heavy atom. The van der Waals surface area contributed by atoms with Gasteiger partial charge in [-0.2, -0.15) is 5.26 Å². The lowest BCUT2D eigenvalue weighted by Gasteiger charge is -2.04. The van der Waals surface area contributed by atoms with Crippen molar-refractivity contribution < 1.29 is 19.4 Å². The van der Waals surface area contributed by atoms with E-state index in [-0.39, 0.29) is 23.7 Å². The summed E-state index contributed by atoms with van der Waals surface area (Å²) in [7, 11) is 1.42. The van der Waals surface area contributed by atoms with E-state index in [0.717, 1.165) is 0 Å². The van der Waals surface area contributed by atoms with Crippen LogP contribution in [0, 0.1) is 11.3 Å². The summed E-state index contributed by atoms with van der Waals surface area (Å²) >= 11 is 0. The highest BCUT2D eigenvalue weighted by Gasteiger charge is 2.10. The highest BCUT2D eigenvalue weighted by molar-refractivity contribution is 5.97. The normalized spacial score (nSPS) is 10.6. The number of benzene rings is 1. The third kappa shape index (κ3) is 3.25. The maximum atomic E-state index is 11.4. The first-order valence-electron chi connectivity index (χ1n) is 5.28. The average Bonchev–Trinajstić information content (AvgIpc) is 2.37. The molecular formula is C13H13NO4. The number of rotatable bonds is 4. The highest BCUT2D eigenvalue weighted by atomic mass is 16.5. The molecule has 1 rings (SSSR count). The van der Waals surface area contributed by atoms with E-state index in [1.165, 1.54) is 25.3 Å². The van der Waals surface area contributed by atoms with Crippen LogP contribution in [0.3, 0.4) is 0 Å². The van der Waals surface area contributed by atoms with Crippen LogP contribution in [-0.2, 0) is 9.53 Å². The number of nitrogens with zero attached hydrogens (tertiary/aromatic N) is 1. The minimum absolute atomic E-state index is 0.00991. The molecule has 5 heteroatoms. The molecule has 0 aliphatic rings. The Labute approximate surface area is 105 Å². The SMILES string of the molecule is CCOC(=O)/C(C#N)=C\c1ccc(O)c(OC)c1. The Balaban J connectivity index is 3.07. The molecule has 0 unspecified atom stereocenters. The lowest BCUT2D eigenvalue weighted by Crippen LogP contribution is -2.05. The van der Waals surface area contributed by atoms with Crippen molar-refractivity contribution in [1.82, 2.24) is 0 Å². The van der Waals surface area contributed by atoms with Gasteiger partial charge in [0.2, 0.25) is 0 Å². The largest absolute Gasteiger partial charge is 0.504 e. The second kappa shape index (κ2) is 6.30. The van der Waals surface area contributed by atoms with Gasteiger partial charge in [0.1, 0.15) is 11.6 Å². The topological polar surface area (TPSA) is 79.6 Å². The molecule has 0 bridgehead atoms. The van der Waals surface area contributed by atoms with Gasteiger partial charge in [-0.1, -0.05) is 6.07 Å². The Bertz CT molecular complexity index is 514. The maximum absolute atomic E-state index is 11.4. The van der Waals surface area contributed by atoms with E-state index in [1.54, 1.807) is 19.1 Å². The van der Waals surface area contributed by atoms with Gasteiger partial charge in [-0.25, -0.2) is 4.79 Å². The fourth-order valence-corrected chi connectivity index (χ4v) is 1.30. The van der Waals surface area contributed by atoms with Gasteiger partial charge in [0.15, 0.2) is 11.5 Å². The van der Waals surface area contributed by atoms with Crippen LogP contribution in [0.1, 0.15) is 12.5 Å². The summed E-state index contributed by atoms with van der Waals surface area (Å²) in [5, 5.41) is 18.3. The van der Waals surface area contributed by atoms with Gasteiger partial charge in [0, 0.05) is 0 Å². The first-order chi connectivity index (χ1) is 8.62. The smallest absolute Gasteiger partial charge is 0.348 e. The van der Waals surface area contributed by atoms with Crippen molar-refractivity contribution in [3.05, 3.63) is 29.3 Å². The van der Waals surface area contributed by atoms with Crippen molar-refractivity contribution in [3.8, 4) is 17.6 Å². The molecule has 0 saturated heterocycles. The summed E-state index contributed by atoms with van der Waals surface area (Å²) < 4.78 is 9.67. The number of phenols is 1. The van der Waals surface area contributed by atoms with Crippen molar-refractivity contribution in [2.75, 3.05) is 13.7 Å². The molecule has 18 heavy (non-hydrogen) atoms. The number of phenolic OH excluding ortho intramolecular Hbond substituents is 1. The number of carbonyl (C=O) groups is 1. The third-order valence-electron chi connectivity index (χ3n) is 2.13. The molecule has 0 aliphatic carbocycles. The zero-order chi connectivity index (χ0) is 13.5. The molecule has 1 aromatic carbocycles. The molecule has 5 nitrogen and oxygen atoms in total. The molecule has 0 aliphatic heterocycles. The zero-order valence-corrected chi connectivity index (χ0v) is 10.1. The number of carbonyl (C=O) groups excluding carboxylic acids is 1. The molecule has 0 spiro atoms. The third-order valence-corrected chi connectivity index (χ3v) is 2.13. The number of hydrogen-bond donors (Lipinski definition) is 1. The van der Waals surface area contributed by atoms with E-state index in [9.17, 15) is 9.90 Å². The Hall–Kier alpha value is -2.48. The van der Waals surface area contributed by atoms with E-state index >= 15 is 0 Å². The van der Waals surface area contributed by atoms with Gasteiger partial charge in [-0.15, -0.1) is 0 Å². The van der Waals surface area contributed by atoms with Crippen LogP contribution in [0.4, 0.5) is 0 Å². The molecule has 1 N–H and O–H groups in total. The predicted molar refractivity (Wildman–Crippen MR) is 64.9 cm³/mol. The first kappa shape index (κ1) is 13.6. The van der Waals surface area contributed by atoms with E-state index in [0.29, 0.717) is 5.56 Å². The van der Waals surface area contributed by atoms with Gasteiger partial charge >= 0.3 is 5.97 Å². The monoisotopic (exact) mass is 247 g/mol. The first-order valence-corrected chi connectivity index (χ1v) is 5.28. The van der Waals surface area contributed by atoms with Crippen LogP contribution in [-0.4, -0.2) is 24.8 Å². The second-order valence-corrected chi connectivity index (χ2v) is 3.32. The molecule has 0 saturated carbocycles. The van der Waals surface area contributed by atoms with Crippen molar-refractivity contribution >= 4 is 12.0 Å². The van der Waals surface area contributed by atoms with Crippen molar-refractivity contribution in [1.29, 1.82) is 5.26 Å². The standard InChI is InChI=1S/C13H13NO4/c1-3-18-13(16)10(8-14)6-9-4-5-11(15)12(7-9)17-2/h4-7,15H,3H2,1-2H3/b10-6-. The molecule has 0 heterocycles. The molecule has 0 aromatic heterocycles. The zero-order valence-electron chi connectivity index (χ0n) is 10.1. The minimum atomic E-state index is -0.674. The van der Waals surface area contributed by atoms with Gasteiger partial charge < -0.3 is 14.6 Å². The second-order valence-electron chi connectivity index (χ2n) is 3.32. The number of hydrogen-bond acceptors (Lipinski definition) is 5. The molecule has 0 radical (unpaired) electrons. The van der Waals surface area contributed by atoms with E-state index in [4.69, 9.17) is 14.7 Å². The number of nitriles is 1. The average molecular weight is 247 g/mol. The summed E-state index contributed by atoms with van der Waals surface area (Å²) in [5.74, 6) is -0.416. The van der Waals surface area contributed by atoms with E-state index < -0.39 is 5.97 Å². The summed E-state index contributed by atoms with van der Waals surface area (Å²) in [6, 6.07) is 6.28. The van der Waals surface area contributed by atoms with Gasteiger partial charge in [0.05, 0.1) is 13.7 Å². The molecular weight excluding hydrogens is 234 g/mol. The van der Waals surface area contributed by atoms with Gasteiger partial charge in [-0.05, 0) is 30.7 Å². The summed E-state index contributed by atoms with van der Waals surface area (Å²) in [4.78, 5) is 11.4. The highest BCUT2D eigenvalue weighted by Crippen LogP contribution is 2.27. The van der Waals surface area contributed by atoms with Crippen LogP contribution in [0.25, 0.3) is 6.08 Å². The molecule has 94 valence electrons. The van der Waals surface area contributed by atoms with Crippen molar-refractivity contribution in [2.24, 2.45) is 0 Å². The fraction of sp³-hybridized carbons (Fsp3) is 0.231. The molecule has 0 amide bonds. The fourth-order valence-electron chi connectivity index (χ4n) is 1.30. The molecule has 1 aromatic rings. The van der Waals surface area contributed by atoms with E-state index in [1.807, 2.05) is 0 Å². The predicted octanol–water partition coefficient (Wildman–Crippen LogP) is 1.87. The number of methoxy groups -OCH3 is 1. The van der Waals surface area contributed by atoms with Crippen molar-refractivity contribution in [2.45, 2.75) is 6.92 Å². The Morgan fingerprint density at radius 3 is 2.83 bits per heavy atom. The summed E-state index contributed by atoms with van der Waals surface area (Å²) in [6.07, 6.45) is 1.37. The Morgan fingerprint density at radius 2 is 2.28 bits per heavy atom. The van der Waals surface area contributed by atoms with Crippen LogP contribution >= 0.6 is 0 Å². The quantitative estimate of drug-likeness (QED) is 0.499. The number of ether oxygens (including phenoxy) is 2. The number of esters is 1. The van der Waals surface area contributed by atoms with Crippen LogP contribution in [0.5, 0.6) is 11.5 Å². The van der Waals surface area contributed by atoms with Crippen LogP contribution in [0.15, 0.2) is 23.8 Å². The van der Waals surface area contributed by atoms with Gasteiger partial charge in [0.25, 0.3) is 0 Å². The summed E-state index contributed by atoms with van der Waals surface area (Å²) in [6.45, 7) is 1.87.